The summed E-state index contributed by atoms with van der Waals surface area (Å²) < 4.78 is 21.4. The minimum Gasteiger partial charge on any atom is -0.476 e. The summed E-state index contributed by atoms with van der Waals surface area (Å²) in [5, 5.41) is 4.57. The fourth-order valence-electron chi connectivity index (χ4n) is 2.18. The first kappa shape index (κ1) is 12.7. The molecule has 0 atom stereocenters. The summed E-state index contributed by atoms with van der Waals surface area (Å²) in [4.78, 5) is 0. The molecule has 0 saturated carbocycles. The molecule has 5 heteroatoms. The monoisotopic (exact) mass is 324 g/mol. The fraction of sp³-hybridized carbons (Fsp3) is 0.357. The van der Waals surface area contributed by atoms with Crippen LogP contribution in [-0.4, -0.2) is 16.4 Å². The van der Waals surface area contributed by atoms with Gasteiger partial charge in [-0.3, -0.25) is 0 Å². The Balaban J connectivity index is 2.05. The first-order chi connectivity index (χ1) is 8.96. The second-order valence-electron chi connectivity index (χ2n) is 5.59. The second-order valence-corrected chi connectivity index (χ2v) is 6.38. The van der Waals surface area contributed by atoms with E-state index in [2.05, 4.69) is 34.9 Å². The number of nitrogens with zero attached hydrogens (tertiary/aromatic N) is 2. The van der Waals surface area contributed by atoms with Crippen molar-refractivity contribution in [1.29, 1.82) is 0 Å². The van der Waals surface area contributed by atoms with Crippen molar-refractivity contribution in [2.75, 3.05) is 6.61 Å². The van der Waals surface area contributed by atoms with Gasteiger partial charge in [-0.1, -0.05) is 13.8 Å². The lowest BCUT2D eigenvalue weighted by Crippen LogP contribution is -2.32. The molecular formula is C14H14BrFN2O. The minimum atomic E-state index is -0.249. The Morgan fingerprint density at radius 3 is 2.68 bits per heavy atom. The van der Waals surface area contributed by atoms with Crippen molar-refractivity contribution in [3.05, 3.63) is 34.6 Å². The number of hydrogen-bond acceptors (Lipinski definition) is 2. The van der Waals surface area contributed by atoms with Gasteiger partial charge in [0.15, 0.2) is 0 Å². The maximum absolute atomic E-state index is 13.0. The van der Waals surface area contributed by atoms with Gasteiger partial charge in [-0.25, -0.2) is 9.07 Å². The predicted molar refractivity (Wildman–Crippen MR) is 74.6 cm³/mol. The first-order valence-corrected chi connectivity index (χ1v) is 6.91. The normalized spacial score (nSPS) is 16.8. The molecule has 0 fully saturated rings. The molecule has 1 aromatic carbocycles. The van der Waals surface area contributed by atoms with E-state index in [4.69, 9.17) is 4.74 Å². The molecule has 2 heterocycles. The maximum atomic E-state index is 13.0. The number of fused-ring (bicyclic) bond motifs is 1. The van der Waals surface area contributed by atoms with Gasteiger partial charge >= 0.3 is 0 Å². The largest absolute Gasteiger partial charge is 0.476 e. The van der Waals surface area contributed by atoms with Gasteiger partial charge in [0.25, 0.3) is 0 Å². The molecule has 1 aromatic heterocycles. The molecule has 3 nitrogen and oxygen atoms in total. The van der Waals surface area contributed by atoms with Gasteiger partial charge in [0.05, 0.1) is 13.2 Å². The highest BCUT2D eigenvalue weighted by Gasteiger charge is 2.30. The zero-order valence-electron chi connectivity index (χ0n) is 10.8. The molecule has 0 radical (unpaired) electrons. The number of aromatic nitrogens is 2. The molecule has 2 aromatic rings. The average molecular weight is 325 g/mol. The van der Waals surface area contributed by atoms with Crippen LogP contribution in [0, 0.1) is 11.2 Å². The van der Waals surface area contributed by atoms with E-state index in [1.807, 2.05) is 4.68 Å². The van der Waals surface area contributed by atoms with E-state index in [9.17, 15) is 4.39 Å². The Hall–Kier alpha value is -1.36. The highest BCUT2D eigenvalue weighted by atomic mass is 79.9. The summed E-state index contributed by atoms with van der Waals surface area (Å²) in [5.74, 6) is 0.500. The lowest BCUT2D eigenvalue weighted by Gasteiger charge is -2.30. The first-order valence-electron chi connectivity index (χ1n) is 6.11. The Bertz CT molecular complexity index is 619. The van der Waals surface area contributed by atoms with Crippen LogP contribution in [0.25, 0.3) is 11.3 Å². The summed E-state index contributed by atoms with van der Waals surface area (Å²) in [6, 6.07) is 6.31. The van der Waals surface area contributed by atoms with Crippen molar-refractivity contribution < 1.29 is 9.13 Å². The lowest BCUT2D eigenvalue weighted by molar-refractivity contribution is 0.0996. The van der Waals surface area contributed by atoms with Gasteiger partial charge in [-0.05, 0) is 40.2 Å². The zero-order valence-corrected chi connectivity index (χ0v) is 12.4. The highest BCUT2D eigenvalue weighted by Crippen LogP contribution is 2.39. The van der Waals surface area contributed by atoms with Crippen LogP contribution in [0.4, 0.5) is 4.39 Å². The number of halogens is 2. The smallest absolute Gasteiger partial charge is 0.227 e. The average Bonchev–Trinajstić information content (AvgIpc) is 2.65. The van der Waals surface area contributed by atoms with Crippen molar-refractivity contribution in [2.24, 2.45) is 5.41 Å². The van der Waals surface area contributed by atoms with Crippen LogP contribution in [-0.2, 0) is 6.54 Å². The molecule has 0 N–H and O–H groups in total. The van der Waals surface area contributed by atoms with E-state index < -0.39 is 0 Å². The second kappa shape index (κ2) is 4.34. The Morgan fingerprint density at radius 2 is 2.00 bits per heavy atom. The number of benzene rings is 1. The molecule has 0 aliphatic carbocycles. The van der Waals surface area contributed by atoms with Crippen LogP contribution in [0.1, 0.15) is 13.8 Å². The standard InChI is InChI=1S/C14H14BrFN2O/c1-14(2)7-18-13(19-8-14)11(15)12(17-18)9-3-5-10(16)6-4-9/h3-6H,7-8H2,1-2H3. The topological polar surface area (TPSA) is 27.1 Å². The van der Waals surface area contributed by atoms with Crippen LogP contribution < -0.4 is 4.74 Å². The molecule has 0 amide bonds. The summed E-state index contributed by atoms with van der Waals surface area (Å²) in [6.07, 6.45) is 0. The lowest BCUT2D eigenvalue weighted by atomic mass is 9.94. The molecule has 3 rings (SSSR count). The summed E-state index contributed by atoms with van der Waals surface area (Å²) >= 11 is 3.53. The van der Waals surface area contributed by atoms with E-state index >= 15 is 0 Å². The third kappa shape index (κ3) is 2.27. The minimum absolute atomic E-state index is 0.0680. The van der Waals surface area contributed by atoms with Gasteiger partial charge in [0.2, 0.25) is 5.88 Å². The van der Waals surface area contributed by atoms with Gasteiger partial charge in [0.1, 0.15) is 16.0 Å². The third-order valence-electron chi connectivity index (χ3n) is 3.15. The molecule has 0 unspecified atom stereocenters. The molecule has 0 spiro atoms. The quantitative estimate of drug-likeness (QED) is 0.796. The highest BCUT2D eigenvalue weighted by molar-refractivity contribution is 9.10. The van der Waals surface area contributed by atoms with Crippen molar-refractivity contribution in [3.8, 4) is 17.1 Å². The van der Waals surface area contributed by atoms with Crippen molar-refractivity contribution in [3.63, 3.8) is 0 Å². The summed E-state index contributed by atoms with van der Waals surface area (Å²) in [6.45, 7) is 5.76. The van der Waals surface area contributed by atoms with Gasteiger partial charge < -0.3 is 4.74 Å². The summed E-state index contributed by atoms with van der Waals surface area (Å²) in [5.41, 5.74) is 1.72. The van der Waals surface area contributed by atoms with Gasteiger partial charge in [-0.15, -0.1) is 0 Å². The molecule has 1 aliphatic heterocycles. The Labute approximate surface area is 119 Å². The SMILES string of the molecule is CC1(C)COc2c(Br)c(-c3ccc(F)cc3)nn2C1. The van der Waals surface area contributed by atoms with Gasteiger partial charge in [0, 0.05) is 11.0 Å². The summed E-state index contributed by atoms with van der Waals surface area (Å²) in [7, 11) is 0. The van der Waals surface area contributed by atoms with E-state index in [-0.39, 0.29) is 11.2 Å². The Morgan fingerprint density at radius 1 is 1.32 bits per heavy atom. The molecule has 0 bridgehead atoms. The van der Waals surface area contributed by atoms with Crippen molar-refractivity contribution >= 4 is 15.9 Å². The predicted octanol–water partition coefficient (Wildman–Crippen LogP) is 3.87. The maximum Gasteiger partial charge on any atom is 0.227 e. The van der Waals surface area contributed by atoms with Crippen LogP contribution in [0.2, 0.25) is 0 Å². The van der Waals surface area contributed by atoms with Crippen LogP contribution in [0.5, 0.6) is 5.88 Å². The molecule has 0 saturated heterocycles. The number of rotatable bonds is 1. The van der Waals surface area contributed by atoms with Crippen LogP contribution in [0.3, 0.4) is 0 Å². The molecule has 19 heavy (non-hydrogen) atoms. The molecule has 100 valence electrons. The van der Waals surface area contributed by atoms with Gasteiger partial charge in [-0.2, -0.15) is 5.10 Å². The van der Waals surface area contributed by atoms with E-state index in [1.54, 1.807) is 12.1 Å². The number of ether oxygens (including phenoxy) is 1. The molecule has 1 aliphatic rings. The van der Waals surface area contributed by atoms with Crippen LogP contribution in [0.15, 0.2) is 28.7 Å². The van der Waals surface area contributed by atoms with Crippen LogP contribution >= 0.6 is 15.9 Å². The van der Waals surface area contributed by atoms with E-state index in [0.717, 1.165) is 28.2 Å². The fourth-order valence-corrected chi connectivity index (χ4v) is 2.80. The van der Waals surface area contributed by atoms with E-state index in [1.165, 1.54) is 12.1 Å². The Kier molecular flexibility index (Phi) is 2.89. The molecular weight excluding hydrogens is 311 g/mol. The third-order valence-corrected chi connectivity index (χ3v) is 3.86. The number of hydrogen-bond donors (Lipinski definition) is 0. The van der Waals surface area contributed by atoms with E-state index in [0.29, 0.717) is 6.61 Å². The van der Waals surface area contributed by atoms with Crippen molar-refractivity contribution in [2.45, 2.75) is 20.4 Å². The zero-order chi connectivity index (χ0) is 13.6. The van der Waals surface area contributed by atoms with Crippen molar-refractivity contribution in [1.82, 2.24) is 9.78 Å².